The standard InChI is InChI=1S/C11H7FN2/c12-10-3-1-2-9-8(10)4-6-14-7-5-13-11(9)14/h1-7H. The molecule has 0 radical (unpaired) electrons. The summed E-state index contributed by atoms with van der Waals surface area (Å²) < 4.78 is 15.3. The van der Waals surface area contributed by atoms with E-state index >= 15 is 0 Å². The minimum atomic E-state index is -0.201. The maximum atomic E-state index is 13.4. The topological polar surface area (TPSA) is 17.3 Å². The Bertz CT molecular complexity index is 613. The molecule has 14 heavy (non-hydrogen) atoms. The Labute approximate surface area is 79.6 Å². The van der Waals surface area contributed by atoms with Crippen LogP contribution in [0.5, 0.6) is 0 Å². The average Bonchev–Trinajstić information content (AvgIpc) is 2.66. The van der Waals surface area contributed by atoms with Gasteiger partial charge in [0.25, 0.3) is 0 Å². The van der Waals surface area contributed by atoms with Gasteiger partial charge in [0.2, 0.25) is 0 Å². The molecule has 0 N–H and O–H groups in total. The Morgan fingerprint density at radius 1 is 1.07 bits per heavy atom. The third kappa shape index (κ3) is 0.865. The van der Waals surface area contributed by atoms with Crippen molar-refractivity contribution >= 4 is 16.4 Å². The van der Waals surface area contributed by atoms with Crippen LogP contribution in [0.3, 0.4) is 0 Å². The van der Waals surface area contributed by atoms with Gasteiger partial charge in [-0.15, -0.1) is 0 Å². The number of benzene rings is 1. The Morgan fingerprint density at radius 3 is 2.93 bits per heavy atom. The van der Waals surface area contributed by atoms with Crippen molar-refractivity contribution in [1.82, 2.24) is 9.38 Å². The molecule has 0 atom stereocenters. The van der Waals surface area contributed by atoms with Crippen LogP contribution in [-0.2, 0) is 0 Å². The van der Waals surface area contributed by atoms with E-state index in [1.165, 1.54) is 6.07 Å². The highest BCUT2D eigenvalue weighted by molar-refractivity contribution is 5.94. The number of fused-ring (bicyclic) bond motifs is 3. The molecule has 0 saturated carbocycles. The van der Waals surface area contributed by atoms with Crippen molar-refractivity contribution in [1.29, 1.82) is 0 Å². The number of imidazole rings is 1. The van der Waals surface area contributed by atoms with E-state index in [0.717, 1.165) is 11.0 Å². The van der Waals surface area contributed by atoms with Gasteiger partial charge in [-0.3, -0.25) is 0 Å². The van der Waals surface area contributed by atoms with Crippen LogP contribution in [0, 0.1) is 5.82 Å². The zero-order valence-corrected chi connectivity index (χ0v) is 7.31. The average molecular weight is 186 g/mol. The van der Waals surface area contributed by atoms with Crippen molar-refractivity contribution in [3.05, 3.63) is 48.7 Å². The fourth-order valence-electron chi connectivity index (χ4n) is 1.70. The Hall–Kier alpha value is -1.90. The first-order valence-electron chi connectivity index (χ1n) is 4.36. The number of halogens is 1. The molecule has 0 unspecified atom stereocenters. The summed E-state index contributed by atoms with van der Waals surface area (Å²) in [5, 5.41) is 1.46. The van der Waals surface area contributed by atoms with Crippen LogP contribution >= 0.6 is 0 Å². The Balaban J connectivity index is 2.64. The minimum Gasteiger partial charge on any atom is -0.307 e. The molecule has 2 heterocycles. The lowest BCUT2D eigenvalue weighted by atomic mass is 10.1. The molecule has 68 valence electrons. The molecule has 2 nitrogen and oxygen atoms in total. The Kier molecular flexibility index (Phi) is 1.36. The molecule has 0 aliphatic carbocycles. The lowest BCUT2D eigenvalue weighted by molar-refractivity contribution is 0.640. The highest BCUT2D eigenvalue weighted by Gasteiger charge is 2.03. The highest BCUT2D eigenvalue weighted by Crippen LogP contribution is 2.20. The second kappa shape index (κ2) is 2.54. The van der Waals surface area contributed by atoms with Gasteiger partial charge in [-0.25, -0.2) is 9.37 Å². The fourth-order valence-corrected chi connectivity index (χ4v) is 1.70. The van der Waals surface area contributed by atoms with E-state index in [-0.39, 0.29) is 5.82 Å². The molecule has 0 aliphatic heterocycles. The van der Waals surface area contributed by atoms with Gasteiger partial charge in [-0.05, 0) is 12.1 Å². The summed E-state index contributed by atoms with van der Waals surface area (Å²) in [6, 6.07) is 6.80. The van der Waals surface area contributed by atoms with E-state index in [1.807, 2.05) is 22.9 Å². The lowest BCUT2D eigenvalue weighted by Gasteiger charge is -2.00. The van der Waals surface area contributed by atoms with Gasteiger partial charge in [-0.1, -0.05) is 12.1 Å². The summed E-state index contributed by atoms with van der Waals surface area (Å²) in [7, 11) is 0. The predicted octanol–water partition coefficient (Wildman–Crippen LogP) is 2.63. The van der Waals surface area contributed by atoms with Crippen LogP contribution in [0.2, 0.25) is 0 Å². The molecule has 3 heteroatoms. The maximum Gasteiger partial charge on any atom is 0.144 e. The van der Waals surface area contributed by atoms with Crippen molar-refractivity contribution in [3.63, 3.8) is 0 Å². The molecular formula is C11H7FN2. The molecular weight excluding hydrogens is 179 g/mol. The molecule has 0 fully saturated rings. The van der Waals surface area contributed by atoms with E-state index < -0.39 is 0 Å². The number of aromatic nitrogens is 2. The van der Waals surface area contributed by atoms with Crippen LogP contribution < -0.4 is 0 Å². The molecule has 0 bridgehead atoms. The highest BCUT2D eigenvalue weighted by atomic mass is 19.1. The van der Waals surface area contributed by atoms with Gasteiger partial charge in [0.05, 0.1) is 0 Å². The van der Waals surface area contributed by atoms with Gasteiger partial charge >= 0.3 is 0 Å². The molecule has 0 amide bonds. The van der Waals surface area contributed by atoms with E-state index in [0.29, 0.717) is 5.39 Å². The van der Waals surface area contributed by atoms with Gasteiger partial charge in [-0.2, -0.15) is 0 Å². The zero-order valence-electron chi connectivity index (χ0n) is 7.31. The van der Waals surface area contributed by atoms with Crippen LogP contribution in [0.25, 0.3) is 16.4 Å². The van der Waals surface area contributed by atoms with Crippen LogP contribution in [0.1, 0.15) is 0 Å². The molecule has 1 aromatic carbocycles. The van der Waals surface area contributed by atoms with Crippen molar-refractivity contribution in [2.45, 2.75) is 0 Å². The lowest BCUT2D eigenvalue weighted by Crippen LogP contribution is -1.86. The third-order valence-corrected chi connectivity index (χ3v) is 2.36. The summed E-state index contributed by atoms with van der Waals surface area (Å²) in [6.45, 7) is 0. The van der Waals surface area contributed by atoms with Crippen molar-refractivity contribution in [2.24, 2.45) is 0 Å². The van der Waals surface area contributed by atoms with Gasteiger partial charge in [0.1, 0.15) is 11.5 Å². The second-order valence-electron chi connectivity index (χ2n) is 3.17. The smallest absolute Gasteiger partial charge is 0.144 e. The van der Waals surface area contributed by atoms with E-state index in [1.54, 1.807) is 18.3 Å². The summed E-state index contributed by atoms with van der Waals surface area (Å²) in [5.74, 6) is -0.201. The number of nitrogens with zero attached hydrogens (tertiary/aromatic N) is 2. The first kappa shape index (κ1) is 7.50. The first-order valence-corrected chi connectivity index (χ1v) is 4.36. The molecule has 2 aromatic heterocycles. The number of hydrogen-bond acceptors (Lipinski definition) is 1. The molecule has 3 aromatic rings. The van der Waals surface area contributed by atoms with E-state index in [2.05, 4.69) is 4.98 Å². The van der Waals surface area contributed by atoms with Crippen LogP contribution in [0.4, 0.5) is 4.39 Å². The van der Waals surface area contributed by atoms with E-state index in [9.17, 15) is 4.39 Å². The molecule has 0 spiro atoms. The minimum absolute atomic E-state index is 0.201. The number of rotatable bonds is 0. The monoisotopic (exact) mass is 186 g/mol. The predicted molar refractivity (Wildman–Crippen MR) is 52.7 cm³/mol. The van der Waals surface area contributed by atoms with Crippen LogP contribution in [0.15, 0.2) is 42.9 Å². The third-order valence-electron chi connectivity index (χ3n) is 2.36. The Morgan fingerprint density at radius 2 is 2.00 bits per heavy atom. The molecule has 0 saturated heterocycles. The zero-order chi connectivity index (χ0) is 9.54. The molecule has 3 rings (SSSR count). The van der Waals surface area contributed by atoms with E-state index in [4.69, 9.17) is 0 Å². The maximum absolute atomic E-state index is 13.4. The van der Waals surface area contributed by atoms with Crippen molar-refractivity contribution in [2.75, 3.05) is 0 Å². The van der Waals surface area contributed by atoms with Gasteiger partial charge in [0, 0.05) is 29.4 Å². The summed E-state index contributed by atoms with van der Waals surface area (Å²) >= 11 is 0. The summed E-state index contributed by atoms with van der Waals surface area (Å²) in [4.78, 5) is 4.18. The van der Waals surface area contributed by atoms with Crippen LogP contribution in [-0.4, -0.2) is 9.38 Å². The number of pyridine rings is 1. The molecule has 0 aliphatic rings. The quantitative estimate of drug-likeness (QED) is 0.527. The summed E-state index contributed by atoms with van der Waals surface area (Å²) in [5.41, 5.74) is 0.794. The second-order valence-corrected chi connectivity index (χ2v) is 3.17. The van der Waals surface area contributed by atoms with Gasteiger partial charge in [0.15, 0.2) is 0 Å². The van der Waals surface area contributed by atoms with Crippen molar-refractivity contribution < 1.29 is 4.39 Å². The number of hydrogen-bond donors (Lipinski definition) is 0. The largest absolute Gasteiger partial charge is 0.307 e. The first-order chi connectivity index (χ1) is 6.86. The van der Waals surface area contributed by atoms with Crippen molar-refractivity contribution in [3.8, 4) is 0 Å². The van der Waals surface area contributed by atoms with Gasteiger partial charge < -0.3 is 4.40 Å². The summed E-state index contributed by atoms with van der Waals surface area (Å²) in [6.07, 6.45) is 5.37. The normalized spacial score (nSPS) is 11.2. The SMILES string of the molecule is Fc1cccc2c1ccn1ccnc21. The fraction of sp³-hybridized carbons (Fsp3) is 0.